The van der Waals surface area contributed by atoms with Gasteiger partial charge in [0.05, 0.1) is 22.1 Å². The molecule has 1 aromatic rings. The molecule has 0 aromatic heterocycles. The highest BCUT2D eigenvalue weighted by atomic mass is 35.5. The summed E-state index contributed by atoms with van der Waals surface area (Å²) < 4.78 is 0. The van der Waals surface area contributed by atoms with Crippen LogP contribution in [0.3, 0.4) is 0 Å². The summed E-state index contributed by atoms with van der Waals surface area (Å²) in [5, 5.41) is 23.5. The van der Waals surface area contributed by atoms with Crippen molar-refractivity contribution in [2.75, 3.05) is 6.61 Å². The second-order valence-electron chi connectivity index (χ2n) is 4.41. The standard InChI is InChI=1S/C12H17ClN2O3/c1-8(2)11(7-16)14-6-9-10(13)4-3-5-12(9)15(17)18/h3-5,8,11,14,16H,6-7H2,1-2H3/t11-/m1/s1. The molecule has 1 atom stereocenters. The number of nitro benzene ring substituents is 1. The van der Waals surface area contributed by atoms with Crippen molar-refractivity contribution in [2.24, 2.45) is 5.92 Å². The molecule has 0 heterocycles. The Kier molecular flexibility index (Phi) is 5.53. The first-order valence-electron chi connectivity index (χ1n) is 5.73. The third-order valence-electron chi connectivity index (χ3n) is 2.83. The van der Waals surface area contributed by atoms with E-state index in [0.29, 0.717) is 10.6 Å². The van der Waals surface area contributed by atoms with E-state index in [1.54, 1.807) is 12.1 Å². The number of benzene rings is 1. The Bertz CT molecular complexity index is 424. The minimum atomic E-state index is -0.452. The van der Waals surface area contributed by atoms with Gasteiger partial charge in [0.1, 0.15) is 0 Å². The zero-order valence-electron chi connectivity index (χ0n) is 10.4. The Morgan fingerprint density at radius 2 is 2.17 bits per heavy atom. The summed E-state index contributed by atoms with van der Waals surface area (Å²) in [5.74, 6) is 0.233. The molecule has 0 saturated carbocycles. The number of aliphatic hydroxyl groups is 1. The van der Waals surface area contributed by atoms with Crippen LogP contribution in [0.1, 0.15) is 19.4 Å². The second-order valence-corrected chi connectivity index (χ2v) is 4.82. The average Bonchev–Trinajstić information content (AvgIpc) is 2.30. The molecule has 0 saturated heterocycles. The predicted octanol–water partition coefficient (Wildman–Crippen LogP) is 2.35. The minimum absolute atomic E-state index is 0.00422. The monoisotopic (exact) mass is 272 g/mol. The van der Waals surface area contributed by atoms with Crippen molar-refractivity contribution in [3.63, 3.8) is 0 Å². The molecule has 0 unspecified atom stereocenters. The molecule has 1 aromatic carbocycles. The van der Waals surface area contributed by atoms with Crippen LogP contribution in [-0.4, -0.2) is 22.7 Å². The maximum Gasteiger partial charge on any atom is 0.275 e. The maximum atomic E-state index is 10.9. The van der Waals surface area contributed by atoms with Crippen LogP contribution in [0.15, 0.2) is 18.2 Å². The van der Waals surface area contributed by atoms with E-state index in [1.807, 2.05) is 13.8 Å². The van der Waals surface area contributed by atoms with Gasteiger partial charge < -0.3 is 10.4 Å². The maximum absolute atomic E-state index is 10.9. The molecule has 6 heteroatoms. The molecule has 5 nitrogen and oxygen atoms in total. The Labute approximate surface area is 111 Å². The number of aliphatic hydroxyl groups excluding tert-OH is 1. The molecule has 0 aliphatic heterocycles. The number of hydrogen-bond donors (Lipinski definition) is 2. The van der Waals surface area contributed by atoms with E-state index in [0.717, 1.165) is 0 Å². The first-order chi connectivity index (χ1) is 8.47. The molecular formula is C12H17ClN2O3. The summed E-state index contributed by atoms with van der Waals surface area (Å²) in [5.41, 5.74) is 0.443. The van der Waals surface area contributed by atoms with Crippen LogP contribution in [0.4, 0.5) is 5.69 Å². The van der Waals surface area contributed by atoms with Gasteiger partial charge >= 0.3 is 0 Å². The Hall–Kier alpha value is -1.17. The Morgan fingerprint density at radius 1 is 1.50 bits per heavy atom. The summed E-state index contributed by atoms with van der Waals surface area (Å²) >= 11 is 5.97. The van der Waals surface area contributed by atoms with Crippen molar-refractivity contribution in [3.8, 4) is 0 Å². The lowest BCUT2D eigenvalue weighted by atomic mass is 10.0. The zero-order chi connectivity index (χ0) is 13.7. The second kappa shape index (κ2) is 6.68. The van der Waals surface area contributed by atoms with Crippen molar-refractivity contribution in [1.82, 2.24) is 5.32 Å². The van der Waals surface area contributed by atoms with Gasteiger partial charge in [-0.2, -0.15) is 0 Å². The molecule has 0 aliphatic rings. The van der Waals surface area contributed by atoms with Gasteiger partial charge in [-0.3, -0.25) is 10.1 Å². The molecular weight excluding hydrogens is 256 g/mol. The summed E-state index contributed by atoms with van der Waals surface area (Å²) in [6.07, 6.45) is 0. The van der Waals surface area contributed by atoms with Gasteiger partial charge in [0.15, 0.2) is 0 Å². The van der Waals surface area contributed by atoms with Gasteiger partial charge in [0.25, 0.3) is 5.69 Å². The van der Waals surface area contributed by atoms with Crippen LogP contribution in [0.2, 0.25) is 5.02 Å². The van der Waals surface area contributed by atoms with Gasteiger partial charge in [-0.1, -0.05) is 31.5 Å². The topological polar surface area (TPSA) is 75.4 Å². The van der Waals surface area contributed by atoms with E-state index < -0.39 is 4.92 Å². The van der Waals surface area contributed by atoms with Crippen LogP contribution in [0.5, 0.6) is 0 Å². The van der Waals surface area contributed by atoms with E-state index in [2.05, 4.69) is 5.32 Å². The number of hydrogen-bond acceptors (Lipinski definition) is 4. The van der Waals surface area contributed by atoms with Crippen molar-refractivity contribution in [1.29, 1.82) is 0 Å². The molecule has 100 valence electrons. The van der Waals surface area contributed by atoms with Gasteiger partial charge in [-0.05, 0) is 12.0 Å². The highest BCUT2D eigenvalue weighted by Crippen LogP contribution is 2.26. The first kappa shape index (κ1) is 14.9. The van der Waals surface area contributed by atoms with E-state index in [-0.39, 0.29) is 30.8 Å². The van der Waals surface area contributed by atoms with Crippen LogP contribution < -0.4 is 5.32 Å². The molecule has 1 rings (SSSR count). The quantitative estimate of drug-likeness (QED) is 0.616. The third-order valence-corrected chi connectivity index (χ3v) is 3.19. The fourth-order valence-corrected chi connectivity index (χ4v) is 1.87. The van der Waals surface area contributed by atoms with Gasteiger partial charge in [-0.25, -0.2) is 0 Å². The average molecular weight is 273 g/mol. The summed E-state index contributed by atoms with van der Waals surface area (Å²) in [4.78, 5) is 10.4. The highest BCUT2D eigenvalue weighted by Gasteiger charge is 2.18. The summed E-state index contributed by atoms with van der Waals surface area (Å²) in [6, 6.07) is 4.48. The Balaban J connectivity index is 2.87. The van der Waals surface area contributed by atoms with Gasteiger partial charge in [0.2, 0.25) is 0 Å². The molecule has 0 fully saturated rings. The zero-order valence-corrected chi connectivity index (χ0v) is 11.1. The van der Waals surface area contributed by atoms with Crippen LogP contribution in [0, 0.1) is 16.0 Å². The number of nitrogens with zero attached hydrogens (tertiary/aromatic N) is 1. The molecule has 0 radical (unpaired) electrons. The van der Waals surface area contributed by atoms with Crippen LogP contribution in [0.25, 0.3) is 0 Å². The van der Waals surface area contributed by atoms with Crippen molar-refractivity contribution in [2.45, 2.75) is 26.4 Å². The normalized spacial score (nSPS) is 12.7. The minimum Gasteiger partial charge on any atom is -0.395 e. The number of rotatable bonds is 6. The molecule has 0 spiro atoms. The fourth-order valence-electron chi connectivity index (χ4n) is 1.64. The van der Waals surface area contributed by atoms with Crippen molar-refractivity contribution in [3.05, 3.63) is 38.9 Å². The lowest BCUT2D eigenvalue weighted by molar-refractivity contribution is -0.385. The van der Waals surface area contributed by atoms with Gasteiger partial charge in [-0.15, -0.1) is 0 Å². The fraction of sp³-hybridized carbons (Fsp3) is 0.500. The van der Waals surface area contributed by atoms with Crippen molar-refractivity contribution >= 4 is 17.3 Å². The van der Waals surface area contributed by atoms with Crippen LogP contribution >= 0.6 is 11.6 Å². The van der Waals surface area contributed by atoms with Crippen molar-refractivity contribution < 1.29 is 10.0 Å². The summed E-state index contributed by atoms with van der Waals surface area (Å²) in [6.45, 7) is 4.18. The summed E-state index contributed by atoms with van der Waals surface area (Å²) in [7, 11) is 0. The molecule has 0 bridgehead atoms. The first-order valence-corrected chi connectivity index (χ1v) is 6.11. The van der Waals surface area contributed by atoms with E-state index in [4.69, 9.17) is 11.6 Å². The molecule has 0 aliphatic carbocycles. The number of nitrogens with one attached hydrogen (secondary N) is 1. The lowest BCUT2D eigenvalue weighted by Crippen LogP contribution is -2.36. The molecule has 0 amide bonds. The van der Waals surface area contributed by atoms with E-state index in [9.17, 15) is 15.2 Å². The largest absolute Gasteiger partial charge is 0.395 e. The Morgan fingerprint density at radius 3 is 2.67 bits per heavy atom. The van der Waals surface area contributed by atoms with Crippen LogP contribution in [-0.2, 0) is 6.54 Å². The van der Waals surface area contributed by atoms with E-state index >= 15 is 0 Å². The molecule has 2 N–H and O–H groups in total. The number of halogens is 1. The highest BCUT2D eigenvalue weighted by molar-refractivity contribution is 6.31. The predicted molar refractivity (Wildman–Crippen MR) is 70.7 cm³/mol. The van der Waals surface area contributed by atoms with Gasteiger partial charge in [0, 0.05) is 18.7 Å². The smallest absolute Gasteiger partial charge is 0.275 e. The third kappa shape index (κ3) is 3.66. The van der Waals surface area contributed by atoms with E-state index in [1.165, 1.54) is 6.07 Å². The number of nitro groups is 1. The molecule has 18 heavy (non-hydrogen) atoms. The lowest BCUT2D eigenvalue weighted by Gasteiger charge is -2.20. The SMILES string of the molecule is CC(C)[C@@H](CO)NCc1c(Cl)cccc1[N+](=O)[O-].